The second-order valence-electron chi connectivity index (χ2n) is 4.24. The quantitative estimate of drug-likeness (QED) is 0.758. The van der Waals surface area contributed by atoms with Crippen LogP contribution in [0.25, 0.3) is 0 Å². The Morgan fingerprint density at radius 1 is 1.35 bits per heavy atom. The van der Waals surface area contributed by atoms with Gasteiger partial charge in [-0.15, -0.1) is 0 Å². The van der Waals surface area contributed by atoms with Crippen molar-refractivity contribution >= 4 is 35.2 Å². The van der Waals surface area contributed by atoms with Crippen LogP contribution in [0.15, 0.2) is 18.2 Å². The van der Waals surface area contributed by atoms with Gasteiger partial charge < -0.3 is 20.6 Å². The second-order valence-corrected chi connectivity index (χ2v) is 4.67. The van der Waals surface area contributed by atoms with Gasteiger partial charge in [-0.1, -0.05) is 11.6 Å². The van der Waals surface area contributed by atoms with Crippen LogP contribution in [0.3, 0.4) is 0 Å². The molecule has 20 heavy (non-hydrogen) atoms. The third kappa shape index (κ3) is 3.39. The number of hydrogen-bond donors (Lipinski definition) is 3. The number of nitrogens with one attached hydrogen (secondary N) is 2. The molecular weight excluding hydrogens is 286 g/mol. The summed E-state index contributed by atoms with van der Waals surface area (Å²) in [5, 5.41) is 14.3. The van der Waals surface area contributed by atoms with Gasteiger partial charge in [-0.05, 0) is 18.2 Å². The Labute approximate surface area is 119 Å². The lowest BCUT2D eigenvalue weighted by molar-refractivity contribution is -0.123. The molecule has 1 fully saturated rings. The molecule has 3 amide bonds. The Morgan fingerprint density at radius 3 is 2.75 bits per heavy atom. The van der Waals surface area contributed by atoms with Gasteiger partial charge in [-0.2, -0.15) is 0 Å². The number of nitrogens with zero attached hydrogens (tertiary/aromatic N) is 1. The number of aromatic carboxylic acids is 1. The van der Waals surface area contributed by atoms with Gasteiger partial charge in [0.1, 0.15) is 6.54 Å². The first kappa shape index (κ1) is 14.1. The van der Waals surface area contributed by atoms with Gasteiger partial charge in [0.25, 0.3) is 0 Å². The molecule has 0 saturated carbocycles. The molecule has 1 aliphatic rings. The van der Waals surface area contributed by atoms with E-state index < -0.39 is 12.0 Å². The maximum atomic E-state index is 11.9. The Balaban J connectivity index is 2.11. The largest absolute Gasteiger partial charge is 0.478 e. The van der Waals surface area contributed by atoms with Crippen LogP contribution >= 0.6 is 11.6 Å². The van der Waals surface area contributed by atoms with Gasteiger partial charge in [-0.25, -0.2) is 9.59 Å². The van der Waals surface area contributed by atoms with Crippen LogP contribution in [-0.4, -0.2) is 47.5 Å². The first-order chi connectivity index (χ1) is 9.45. The summed E-state index contributed by atoms with van der Waals surface area (Å²) in [4.78, 5) is 35.4. The number of halogens is 1. The van der Waals surface area contributed by atoms with Crippen LogP contribution in [0, 0.1) is 0 Å². The molecule has 0 aromatic heterocycles. The Morgan fingerprint density at radius 2 is 2.10 bits per heavy atom. The van der Waals surface area contributed by atoms with Gasteiger partial charge in [0.05, 0.1) is 5.56 Å². The average molecular weight is 298 g/mol. The number of benzene rings is 1. The van der Waals surface area contributed by atoms with Gasteiger partial charge in [0, 0.05) is 23.8 Å². The van der Waals surface area contributed by atoms with Gasteiger partial charge in [0.2, 0.25) is 5.91 Å². The number of rotatable bonds is 2. The minimum atomic E-state index is -1.14. The van der Waals surface area contributed by atoms with Gasteiger partial charge in [0.15, 0.2) is 0 Å². The molecule has 1 aromatic carbocycles. The number of carboxylic acids is 1. The van der Waals surface area contributed by atoms with Crippen molar-refractivity contribution in [2.45, 2.75) is 0 Å². The van der Waals surface area contributed by atoms with Crippen molar-refractivity contribution in [3.8, 4) is 0 Å². The van der Waals surface area contributed by atoms with Crippen molar-refractivity contribution in [3.05, 3.63) is 28.8 Å². The maximum Gasteiger partial charge on any atom is 0.335 e. The van der Waals surface area contributed by atoms with E-state index >= 15 is 0 Å². The SMILES string of the molecule is O=C1CN(C(=O)Nc2cc(Cl)cc(C(=O)O)c2)CCN1. The van der Waals surface area contributed by atoms with Gasteiger partial charge in [-0.3, -0.25) is 4.79 Å². The first-order valence-electron chi connectivity index (χ1n) is 5.82. The summed E-state index contributed by atoms with van der Waals surface area (Å²) in [5.74, 6) is -1.37. The molecule has 0 unspecified atom stereocenters. The molecule has 1 heterocycles. The van der Waals surface area contributed by atoms with Crippen molar-refractivity contribution in [1.29, 1.82) is 0 Å². The fourth-order valence-electron chi connectivity index (χ4n) is 1.80. The molecule has 1 aromatic rings. The highest BCUT2D eigenvalue weighted by Crippen LogP contribution is 2.19. The average Bonchev–Trinajstić information content (AvgIpc) is 2.37. The smallest absolute Gasteiger partial charge is 0.335 e. The Bertz CT molecular complexity index is 576. The Kier molecular flexibility index (Phi) is 4.09. The molecule has 0 atom stereocenters. The second kappa shape index (κ2) is 5.79. The highest BCUT2D eigenvalue weighted by molar-refractivity contribution is 6.31. The summed E-state index contributed by atoms with van der Waals surface area (Å²) in [6.07, 6.45) is 0. The highest BCUT2D eigenvalue weighted by Gasteiger charge is 2.21. The minimum absolute atomic E-state index is 0.0239. The van der Waals surface area contributed by atoms with Crippen molar-refractivity contribution in [3.63, 3.8) is 0 Å². The lowest BCUT2D eigenvalue weighted by atomic mass is 10.2. The number of urea groups is 1. The third-order valence-electron chi connectivity index (χ3n) is 2.72. The summed E-state index contributed by atoms with van der Waals surface area (Å²) in [6.45, 7) is 0.754. The van der Waals surface area contributed by atoms with Crippen LogP contribution in [0.4, 0.5) is 10.5 Å². The summed E-state index contributed by atoms with van der Waals surface area (Å²) in [6, 6.07) is 3.55. The number of hydrogen-bond acceptors (Lipinski definition) is 3. The van der Waals surface area contributed by atoms with E-state index in [4.69, 9.17) is 16.7 Å². The zero-order chi connectivity index (χ0) is 14.7. The fraction of sp³-hybridized carbons (Fsp3) is 0.250. The molecule has 0 bridgehead atoms. The molecule has 7 nitrogen and oxygen atoms in total. The van der Waals surface area contributed by atoms with Crippen LogP contribution in [-0.2, 0) is 4.79 Å². The van der Waals surface area contributed by atoms with E-state index in [1.165, 1.54) is 23.1 Å². The summed E-state index contributed by atoms with van der Waals surface area (Å²) >= 11 is 5.79. The summed E-state index contributed by atoms with van der Waals surface area (Å²) in [5.41, 5.74) is 0.245. The number of carbonyl (C=O) groups excluding carboxylic acids is 2. The first-order valence-corrected chi connectivity index (χ1v) is 6.20. The number of anilines is 1. The molecule has 0 radical (unpaired) electrons. The normalized spacial score (nSPS) is 14.7. The summed E-state index contributed by atoms with van der Waals surface area (Å²) < 4.78 is 0. The van der Waals surface area contributed by atoms with Crippen LogP contribution in [0.5, 0.6) is 0 Å². The molecule has 8 heteroatoms. The van der Waals surface area contributed by atoms with E-state index in [1.54, 1.807) is 0 Å². The van der Waals surface area contributed by atoms with E-state index in [9.17, 15) is 14.4 Å². The topological polar surface area (TPSA) is 98.7 Å². The maximum absolute atomic E-state index is 11.9. The Hall–Kier alpha value is -2.28. The zero-order valence-corrected chi connectivity index (χ0v) is 11.1. The molecular formula is C12H12ClN3O4. The van der Waals surface area contributed by atoms with E-state index in [0.29, 0.717) is 13.1 Å². The van der Waals surface area contributed by atoms with E-state index in [0.717, 1.165) is 0 Å². The predicted octanol–water partition coefficient (Wildman–Crippen LogP) is 1.00. The van der Waals surface area contributed by atoms with E-state index in [1.807, 2.05) is 0 Å². The molecule has 3 N–H and O–H groups in total. The zero-order valence-electron chi connectivity index (χ0n) is 10.4. The van der Waals surface area contributed by atoms with Crippen LogP contribution in [0.2, 0.25) is 5.02 Å². The third-order valence-corrected chi connectivity index (χ3v) is 2.94. The standard InChI is InChI=1S/C12H12ClN3O4/c13-8-3-7(11(18)19)4-9(5-8)15-12(20)16-2-1-14-10(17)6-16/h3-5H,1-2,6H2,(H,14,17)(H,15,20)(H,18,19). The monoisotopic (exact) mass is 297 g/mol. The molecule has 1 aliphatic heterocycles. The summed E-state index contributed by atoms with van der Waals surface area (Å²) in [7, 11) is 0. The fourth-order valence-corrected chi connectivity index (χ4v) is 2.03. The van der Waals surface area contributed by atoms with Crippen molar-refractivity contribution < 1.29 is 19.5 Å². The van der Waals surface area contributed by atoms with Crippen LogP contribution < -0.4 is 10.6 Å². The lowest BCUT2D eigenvalue weighted by Crippen LogP contribution is -2.51. The van der Waals surface area contributed by atoms with Gasteiger partial charge >= 0.3 is 12.0 Å². The highest BCUT2D eigenvalue weighted by atomic mass is 35.5. The van der Waals surface area contributed by atoms with E-state index in [-0.39, 0.29) is 28.7 Å². The number of carboxylic acid groups (broad SMARTS) is 1. The van der Waals surface area contributed by atoms with Crippen LogP contribution in [0.1, 0.15) is 10.4 Å². The van der Waals surface area contributed by atoms with Crippen molar-refractivity contribution in [2.24, 2.45) is 0 Å². The van der Waals surface area contributed by atoms with Crippen molar-refractivity contribution in [1.82, 2.24) is 10.2 Å². The predicted molar refractivity (Wildman–Crippen MR) is 72.0 cm³/mol. The molecule has 106 valence electrons. The number of piperazine rings is 1. The van der Waals surface area contributed by atoms with E-state index in [2.05, 4.69) is 10.6 Å². The molecule has 0 spiro atoms. The van der Waals surface area contributed by atoms with Crippen molar-refractivity contribution in [2.75, 3.05) is 25.0 Å². The number of carbonyl (C=O) groups is 3. The lowest BCUT2D eigenvalue weighted by Gasteiger charge is -2.26. The molecule has 2 rings (SSSR count). The molecule has 1 saturated heterocycles. The number of amides is 3. The molecule has 0 aliphatic carbocycles. The minimum Gasteiger partial charge on any atom is -0.478 e.